The molecule has 1 heterocycles. The molecule has 1 unspecified atom stereocenters. The van der Waals surface area contributed by atoms with Gasteiger partial charge in [-0.05, 0) is 29.7 Å². The third kappa shape index (κ3) is 1.55. The van der Waals surface area contributed by atoms with Crippen LogP contribution in [0.5, 0.6) is 0 Å². The lowest BCUT2D eigenvalue weighted by atomic mass is 9.77. The first-order chi connectivity index (χ1) is 9.22. The van der Waals surface area contributed by atoms with Gasteiger partial charge in [0.15, 0.2) is 0 Å². The van der Waals surface area contributed by atoms with E-state index < -0.39 is 0 Å². The van der Waals surface area contributed by atoms with Crippen molar-refractivity contribution in [3.8, 4) is 0 Å². The van der Waals surface area contributed by atoms with E-state index in [1.807, 2.05) is 6.07 Å². The SMILES string of the molecule is Nc1cc(Cl)cc2[nH]c(C3Cc4ccccc43)nc12. The molecule has 3 aromatic rings. The summed E-state index contributed by atoms with van der Waals surface area (Å²) in [5, 5.41) is 0.634. The van der Waals surface area contributed by atoms with Crippen molar-refractivity contribution in [2.24, 2.45) is 0 Å². The predicted octanol–water partition coefficient (Wildman–Crippen LogP) is 3.49. The standard InChI is InChI=1S/C15H12ClN3/c16-9-6-12(17)14-13(7-9)18-15(19-14)11-5-8-3-1-2-4-10(8)11/h1-4,6-7,11H,5,17H2,(H,18,19). The van der Waals surface area contributed by atoms with Crippen molar-refractivity contribution in [2.45, 2.75) is 12.3 Å². The fourth-order valence-electron chi connectivity index (χ4n) is 2.79. The van der Waals surface area contributed by atoms with Gasteiger partial charge in [-0.1, -0.05) is 35.9 Å². The summed E-state index contributed by atoms with van der Waals surface area (Å²) in [6.07, 6.45) is 1.03. The van der Waals surface area contributed by atoms with Gasteiger partial charge in [0.05, 0.1) is 11.2 Å². The maximum atomic E-state index is 6.01. The van der Waals surface area contributed by atoms with Crippen LogP contribution in [0.25, 0.3) is 11.0 Å². The Kier molecular flexibility index (Phi) is 2.15. The quantitative estimate of drug-likeness (QED) is 0.665. The lowest BCUT2D eigenvalue weighted by molar-refractivity contribution is 0.671. The van der Waals surface area contributed by atoms with Crippen molar-refractivity contribution < 1.29 is 0 Å². The highest BCUT2D eigenvalue weighted by Gasteiger charge is 2.29. The van der Waals surface area contributed by atoms with Crippen molar-refractivity contribution in [3.05, 3.63) is 58.4 Å². The van der Waals surface area contributed by atoms with E-state index in [0.29, 0.717) is 16.6 Å². The van der Waals surface area contributed by atoms with Crippen LogP contribution in [-0.4, -0.2) is 9.97 Å². The van der Waals surface area contributed by atoms with Crippen LogP contribution in [0.15, 0.2) is 36.4 Å². The fourth-order valence-corrected chi connectivity index (χ4v) is 3.02. The molecule has 3 N–H and O–H groups in total. The minimum absolute atomic E-state index is 0.349. The summed E-state index contributed by atoms with van der Waals surface area (Å²) < 4.78 is 0. The number of hydrogen-bond acceptors (Lipinski definition) is 2. The molecular weight excluding hydrogens is 258 g/mol. The van der Waals surface area contributed by atoms with Crippen molar-refractivity contribution in [1.82, 2.24) is 9.97 Å². The molecule has 4 heteroatoms. The van der Waals surface area contributed by atoms with E-state index >= 15 is 0 Å². The van der Waals surface area contributed by atoms with E-state index in [0.717, 1.165) is 23.3 Å². The Bertz CT molecular complexity index is 791. The summed E-state index contributed by atoms with van der Waals surface area (Å²) in [7, 11) is 0. The minimum Gasteiger partial charge on any atom is -0.397 e. The third-order valence-corrected chi connectivity index (χ3v) is 4.00. The van der Waals surface area contributed by atoms with E-state index in [4.69, 9.17) is 17.3 Å². The van der Waals surface area contributed by atoms with Gasteiger partial charge in [-0.25, -0.2) is 4.98 Å². The van der Waals surface area contributed by atoms with Crippen LogP contribution in [0.1, 0.15) is 22.9 Å². The van der Waals surface area contributed by atoms with Gasteiger partial charge in [-0.3, -0.25) is 0 Å². The molecule has 0 saturated heterocycles. The largest absolute Gasteiger partial charge is 0.397 e. The van der Waals surface area contributed by atoms with E-state index in [2.05, 4.69) is 34.2 Å². The molecule has 2 aromatic carbocycles. The van der Waals surface area contributed by atoms with Crippen LogP contribution in [0.2, 0.25) is 5.02 Å². The van der Waals surface area contributed by atoms with Crippen molar-refractivity contribution >= 4 is 28.3 Å². The molecule has 1 aromatic heterocycles. The molecule has 0 fully saturated rings. The fraction of sp³-hybridized carbons (Fsp3) is 0.133. The monoisotopic (exact) mass is 269 g/mol. The van der Waals surface area contributed by atoms with Gasteiger partial charge in [-0.15, -0.1) is 0 Å². The lowest BCUT2D eigenvalue weighted by Gasteiger charge is -2.28. The molecule has 4 rings (SSSR count). The number of aromatic nitrogens is 2. The topological polar surface area (TPSA) is 54.7 Å². The first kappa shape index (κ1) is 10.9. The average molecular weight is 270 g/mol. The van der Waals surface area contributed by atoms with Gasteiger partial charge < -0.3 is 10.7 Å². The maximum absolute atomic E-state index is 6.01. The summed E-state index contributed by atoms with van der Waals surface area (Å²) in [5.74, 6) is 1.32. The molecule has 0 amide bonds. The Morgan fingerprint density at radius 1 is 1.26 bits per heavy atom. The average Bonchev–Trinajstić information content (AvgIpc) is 2.74. The van der Waals surface area contributed by atoms with Crippen LogP contribution < -0.4 is 5.73 Å². The van der Waals surface area contributed by atoms with Crippen LogP contribution in [0.3, 0.4) is 0 Å². The Morgan fingerprint density at radius 3 is 2.95 bits per heavy atom. The molecule has 94 valence electrons. The number of rotatable bonds is 1. The zero-order chi connectivity index (χ0) is 13.0. The summed E-state index contributed by atoms with van der Waals surface area (Å²) in [5.41, 5.74) is 11.1. The number of imidazole rings is 1. The second-order valence-corrected chi connectivity index (χ2v) is 5.41. The van der Waals surface area contributed by atoms with Crippen molar-refractivity contribution in [3.63, 3.8) is 0 Å². The molecule has 0 saturated carbocycles. The van der Waals surface area contributed by atoms with Gasteiger partial charge in [-0.2, -0.15) is 0 Å². The molecule has 1 atom stereocenters. The number of nitrogen functional groups attached to an aromatic ring is 1. The van der Waals surface area contributed by atoms with Crippen LogP contribution in [0, 0.1) is 0 Å². The number of aromatic amines is 1. The molecule has 1 aliphatic carbocycles. The summed E-state index contributed by atoms with van der Waals surface area (Å²) in [6.45, 7) is 0. The number of nitrogens with one attached hydrogen (secondary N) is 1. The molecule has 0 aliphatic heterocycles. The number of anilines is 1. The number of halogens is 1. The Hall–Kier alpha value is -2.00. The molecule has 0 spiro atoms. The number of benzene rings is 2. The summed E-state index contributed by atoms with van der Waals surface area (Å²) in [6, 6.07) is 12.1. The van der Waals surface area contributed by atoms with Crippen LogP contribution in [-0.2, 0) is 6.42 Å². The van der Waals surface area contributed by atoms with Gasteiger partial charge in [0, 0.05) is 10.9 Å². The van der Waals surface area contributed by atoms with Crippen LogP contribution in [0.4, 0.5) is 5.69 Å². The smallest absolute Gasteiger partial charge is 0.115 e. The normalized spacial score (nSPS) is 17.2. The van der Waals surface area contributed by atoms with Crippen molar-refractivity contribution in [1.29, 1.82) is 0 Å². The van der Waals surface area contributed by atoms with E-state index in [1.54, 1.807) is 6.07 Å². The Labute approximate surface area is 115 Å². The molecule has 0 bridgehead atoms. The van der Waals surface area contributed by atoms with Crippen molar-refractivity contribution in [2.75, 3.05) is 5.73 Å². The minimum atomic E-state index is 0.349. The zero-order valence-corrected chi connectivity index (χ0v) is 10.9. The van der Waals surface area contributed by atoms with Gasteiger partial charge in [0.1, 0.15) is 11.3 Å². The Balaban J connectivity index is 1.84. The zero-order valence-electron chi connectivity index (χ0n) is 10.2. The highest BCUT2D eigenvalue weighted by molar-refractivity contribution is 6.31. The number of fused-ring (bicyclic) bond motifs is 2. The second-order valence-electron chi connectivity index (χ2n) is 4.97. The van der Waals surface area contributed by atoms with Gasteiger partial charge >= 0.3 is 0 Å². The molecular formula is C15H12ClN3. The first-order valence-corrected chi connectivity index (χ1v) is 6.62. The number of H-pyrrole nitrogens is 1. The second kappa shape index (κ2) is 3.75. The van der Waals surface area contributed by atoms with E-state index in [1.165, 1.54) is 11.1 Å². The number of nitrogens with zero attached hydrogens (tertiary/aromatic N) is 1. The summed E-state index contributed by atoms with van der Waals surface area (Å²) in [4.78, 5) is 7.98. The van der Waals surface area contributed by atoms with E-state index in [9.17, 15) is 0 Å². The first-order valence-electron chi connectivity index (χ1n) is 6.25. The van der Waals surface area contributed by atoms with Crippen LogP contribution >= 0.6 is 11.6 Å². The number of hydrogen-bond donors (Lipinski definition) is 2. The summed E-state index contributed by atoms with van der Waals surface area (Å²) >= 11 is 6.01. The third-order valence-electron chi connectivity index (χ3n) is 3.78. The predicted molar refractivity (Wildman–Crippen MR) is 77.5 cm³/mol. The highest BCUT2D eigenvalue weighted by atomic mass is 35.5. The lowest BCUT2D eigenvalue weighted by Crippen LogP contribution is -2.19. The van der Waals surface area contributed by atoms with Gasteiger partial charge in [0.25, 0.3) is 0 Å². The Morgan fingerprint density at radius 2 is 2.11 bits per heavy atom. The maximum Gasteiger partial charge on any atom is 0.115 e. The van der Waals surface area contributed by atoms with E-state index in [-0.39, 0.29) is 0 Å². The molecule has 3 nitrogen and oxygen atoms in total. The number of nitrogens with two attached hydrogens (primary N) is 1. The molecule has 19 heavy (non-hydrogen) atoms. The molecule has 1 aliphatic rings. The molecule has 0 radical (unpaired) electrons. The highest BCUT2D eigenvalue weighted by Crippen LogP contribution is 2.39. The van der Waals surface area contributed by atoms with Gasteiger partial charge in [0.2, 0.25) is 0 Å².